The highest BCUT2D eigenvalue weighted by Gasteiger charge is 2.02. The van der Waals surface area contributed by atoms with E-state index in [-0.39, 0.29) is 5.84 Å². The summed E-state index contributed by atoms with van der Waals surface area (Å²) in [4.78, 5) is 0. The van der Waals surface area contributed by atoms with Crippen LogP contribution in [0.3, 0.4) is 0 Å². The van der Waals surface area contributed by atoms with Crippen molar-refractivity contribution in [2.75, 3.05) is 20.3 Å². The number of nitrogens with one attached hydrogen (secondary N) is 1. The fourth-order valence-corrected chi connectivity index (χ4v) is 1.63. The lowest BCUT2D eigenvalue weighted by Gasteiger charge is -2.10. The van der Waals surface area contributed by atoms with Crippen LogP contribution in [0.4, 0.5) is 0 Å². The van der Waals surface area contributed by atoms with Crippen molar-refractivity contribution in [3.63, 3.8) is 0 Å². The summed E-state index contributed by atoms with van der Waals surface area (Å²) in [5.41, 5.74) is 7.25. The lowest BCUT2D eigenvalue weighted by Crippen LogP contribution is -2.23. The van der Waals surface area contributed by atoms with Crippen LogP contribution in [-0.4, -0.2) is 42.5 Å². The summed E-state index contributed by atoms with van der Waals surface area (Å²) in [7, 11) is 1.57. The van der Waals surface area contributed by atoms with Crippen LogP contribution in [0.15, 0.2) is 29.4 Å². The third-order valence-corrected chi connectivity index (χ3v) is 2.70. The minimum absolute atomic E-state index is 0.0993. The van der Waals surface area contributed by atoms with Crippen LogP contribution in [-0.2, 0) is 11.3 Å². The molecule has 1 unspecified atom stereocenters. The van der Waals surface area contributed by atoms with Crippen LogP contribution in [0, 0.1) is 0 Å². The van der Waals surface area contributed by atoms with E-state index < -0.39 is 6.10 Å². The minimum atomic E-state index is -0.430. The van der Waals surface area contributed by atoms with E-state index in [0.29, 0.717) is 31.7 Å². The molecule has 0 amide bonds. The van der Waals surface area contributed by atoms with Gasteiger partial charge >= 0.3 is 0 Å². The molecule has 1 aromatic carbocycles. The Morgan fingerprint density at radius 2 is 2.11 bits per heavy atom. The number of benzene rings is 1. The Balaban J connectivity index is 2.30. The summed E-state index contributed by atoms with van der Waals surface area (Å²) in [5.74, 6) is 0.0993. The van der Waals surface area contributed by atoms with Crippen LogP contribution >= 0.6 is 0 Å². The number of aliphatic hydroxyl groups excluding tert-OH is 1. The maximum absolute atomic E-state index is 9.46. The van der Waals surface area contributed by atoms with Crippen molar-refractivity contribution in [2.45, 2.75) is 19.1 Å². The molecular formula is C13H21N3O3. The third-order valence-electron chi connectivity index (χ3n) is 2.70. The van der Waals surface area contributed by atoms with Gasteiger partial charge in [-0.3, -0.25) is 0 Å². The van der Waals surface area contributed by atoms with E-state index in [1.165, 1.54) is 0 Å². The quantitative estimate of drug-likeness (QED) is 0.178. The molecule has 19 heavy (non-hydrogen) atoms. The van der Waals surface area contributed by atoms with Crippen molar-refractivity contribution in [2.24, 2.45) is 10.9 Å². The molecule has 0 heterocycles. The Morgan fingerprint density at radius 1 is 1.42 bits per heavy atom. The van der Waals surface area contributed by atoms with E-state index >= 15 is 0 Å². The van der Waals surface area contributed by atoms with Gasteiger partial charge in [-0.2, -0.15) is 0 Å². The zero-order valence-corrected chi connectivity index (χ0v) is 11.0. The number of amidine groups is 1. The molecule has 1 aromatic rings. The normalized spacial score (nSPS) is 13.5. The summed E-state index contributed by atoms with van der Waals surface area (Å²) in [6.07, 6.45) is 0.219. The number of oxime groups is 1. The first-order chi connectivity index (χ1) is 9.17. The van der Waals surface area contributed by atoms with Crippen LogP contribution in [0.25, 0.3) is 0 Å². The molecule has 0 aliphatic heterocycles. The molecular weight excluding hydrogens is 246 g/mol. The molecule has 0 saturated carbocycles. The Labute approximate surface area is 112 Å². The van der Waals surface area contributed by atoms with Gasteiger partial charge in [-0.05, 0) is 18.5 Å². The number of nitrogens with zero attached hydrogens (tertiary/aromatic N) is 1. The summed E-state index contributed by atoms with van der Waals surface area (Å²) >= 11 is 0. The molecule has 6 nitrogen and oxygen atoms in total. The number of hydrogen-bond acceptors (Lipinski definition) is 5. The standard InChI is InChI=1S/C13H21N3O3/c1-19-9-12(17)6-7-15-8-10-2-4-11(5-3-10)13(14)16-18/h2-5,12,15,17-18H,6-9H2,1H3,(H2,14,16). The van der Waals surface area contributed by atoms with E-state index in [4.69, 9.17) is 15.7 Å². The van der Waals surface area contributed by atoms with Gasteiger partial charge in [0.25, 0.3) is 0 Å². The van der Waals surface area contributed by atoms with Crippen molar-refractivity contribution in [1.82, 2.24) is 5.32 Å². The summed E-state index contributed by atoms with van der Waals surface area (Å²) in [5, 5.41) is 24.2. The van der Waals surface area contributed by atoms with Gasteiger partial charge in [0.15, 0.2) is 5.84 Å². The SMILES string of the molecule is COCC(O)CCNCc1ccc(/C(N)=N/O)cc1. The Kier molecular flexibility index (Phi) is 6.88. The van der Waals surface area contributed by atoms with Gasteiger partial charge in [0.1, 0.15) is 0 Å². The molecule has 0 spiro atoms. The fraction of sp³-hybridized carbons (Fsp3) is 0.462. The molecule has 0 aliphatic carbocycles. The Morgan fingerprint density at radius 3 is 2.68 bits per heavy atom. The third kappa shape index (κ3) is 5.69. The minimum Gasteiger partial charge on any atom is -0.409 e. The second-order valence-corrected chi connectivity index (χ2v) is 4.26. The molecule has 106 valence electrons. The van der Waals surface area contributed by atoms with Crippen molar-refractivity contribution in [1.29, 1.82) is 0 Å². The van der Waals surface area contributed by atoms with E-state index in [0.717, 1.165) is 5.56 Å². The van der Waals surface area contributed by atoms with Crippen LogP contribution in [0.1, 0.15) is 17.5 Å². The van der Waals surface area contributed by atoms with Gasteiger partial charge in [-0.1, -0.05) is 29.4 Å². The van der Waals surface area contributed by atoms with E-state index in [2.05, 4.69) is 10.5 Å². The molecule has 0 saturated heterocycles. The highest BCUT2D eigenvalue weighted by molar-refractivity contribution is 5.96. The molecule has 0 fully saturated rings. The topological polar surface area (TPSA) is 100 Å². The molecule has 1 atom stereocenters. The van der Waals surface area contributed by atoms with Crippen molar-refractivity contribution in [3.05, 3.63) is 35.4 Å². The number of nitrogens with two attached hydrogens (primary N) is 1. The van der Waals surface area contributed by atoms with E-state index in [1.807, 2.05) is 12.1 Å². The van der Waals surface area contributed by atoms with Gasteiger partial charge in [0.05, 0.1) is 12.7 Å². The molecule has 0 aromatic heterocycles. The first-order valence-electron chi connectivity index (χ1n) is 6.12. The largest absolute Gasteiger partial charge is 0.409 e. The number of ether oxygens (including phenoxy) is 1. The smallest absolute Gasteiger partial charge is 0.170 e. The van der Waals surface area contributed by atoms with Gasteiger partial charge < -0.3 is 26.1 Å². The van der Waals surface area contributed by atoms with E-state index in [1.54, 1.807) is 19.2 Å². The zero-order valence-electron chi connectivity index (χ0n) is 11.0. The van der Waals surface area contributed by atoms with E-state index in [9.17, 15) is 5.11 Å². The van der Waals surface area contributed by atoms with Gasteiger partial charge in [0, 0.05) is 19.2 Å². The van der Waals surface area contributed by atoms with Crippen LogP contribution in [0.5, 0.6) is 0 Å². The summed E-state index contributed by atoms with van der Waals surface area (Å²) in [6, 6.07) is 7.41. The fourth-order valence-electron chi connectivity index (χ4n) is 1.63. The predicted octanol–water partition coefficient (Wildman–Crippen LogP) is 0.268. The zero-order chi connectivity index (χ0) is 14.1. The second-order valence-electron chi connectivity index (χ2n) is 4.26. The average molecular weight is 267 g/mol. The van der Waals surface area contributed by atoms with Crippen molar-refractivity contribution >= 4 is 5.84 Å². The highest BCUT2D eigenvalue weighted by atomic mass is 16.5. The number of methoxy groups -OCH3 is 1. The predicted molar refractivity (Wildman–Crippen MR) is 73.2 cm³/mol. The van der Waals surface area contributed by atoms with Crippen molar-refractivity contribution < 1.29 is 15.1 Å². The molecule has 6 heteroatoms. The maximum Gasteiger partial charge on any atom is 0.170 e. The summed E-state index contributed by atoms with van der Waals surface area (Å²) in [6.45, 7) is 1.78. The first kappa shape index (κ1) is 15.4. The molecule has 0 aliphatic rings. The molecule has 0 radical (unpaired) electrons. The van der Waals surface area contributed by atoms with Gasteiger partial charge in [-0.25, -0.2) is 0 Å². The maximum atomic E-state index is 9.46. The second kappa shape index (κ2) is 8.47. The lowest BCUT2D eigenvalue weighted by molar-refractivity contribution is 0.0594. The van der Waals surface area contributed by atoms with Gasteiger partial charge in [-0.15, -0.1) is 0 Å². The van der Waals surface area contributed by atoms with Gasteiger partial charge in [0.2, 0.25) is 0 Å². The number of hydrogen-bond donors (Lipinski definition) is 4. The monoisotopic (exact) mass is 267 g/mol. The molecule has 1 rings (SSSR count). The summed E-state index contributed by atoms with van der Waals surface area (Å²) < 4.78 is 4.84. The van der Waals surface area contributed by atoms with Crippen LogP contribution in [0.2, 0.25) is 0 Å². The first-order valence-corrected chi connectivity index (χ1v) is 6.12. The highest BCUT2D eigenvalue weighted by Crippen LogP contribution is 2.04. The number of rotatable bonds is 8. The number of aliphatic hydroxyl groups is 1. The Hall–Kier alpha value is -1.63. The average Bonchev–Trinajstić information content (AvgIpc) is 2.44. The lowest BCUT2D eigenvalue weighted by atomic mass is 10.1. The molecule has 0 bridgehead atoms. The van der Waals surface area contributed by atoms with Crippen molar-refractivity contribution in [3.8, 4) is 0 Å². The molecule has 5 N–H and O–H groups in total. The Bertz CT molecular complexity index is 393. The van der Waals surface area contributed by atoms with Crippen LogP contribution < -0.4 is 11.1 Å².